The lowest BCUT2D eigenvalue weighted by Crippen LogP contribution is -1.77. The second kappa shape index (κ2) is 2.99. The van der Waals surface area contributed by atoms with E-state index in [1.54, 1.807) is 6.07 Å². The molecular formula is C14H10O. The SMILES string of the molecule is Oc1cccc2cc[13c]3[13cH][13cH][13cH][13cH][13c]3c12. The lowest BCUT2D eigenvalue weighted by atomic mass is 10.2. The van der Waals surface area contributed by atoms with Crippen molar-refractivity contribution in [2.24, 2.45) is 0 Å². The summed E-state index contributed by atoms with van der Waals surface area (Å²) in [4.78, 5) is 0. The summed E-state index contributed by atoms with van der Waals surface area (Å²) in [6.07, 6.45) is 0. The fraction of sp³-hybridized carbons (Fsp3) is 0. The topological polar surface area (TPSA) is 20.2 Å². The fourth-order valence-corrected chi connectivity index (χ4v) is 2.04. The van der Waals surface area contributed by atoms with Crippen molar-refractivity contribution < 1.29 is 5.11 Å². The van der Waals surface area contributed by atoms with Crippen molar-refractivity contribution in [3.8, 4) is 5.75 Å². The van der Waals surface area contributed by atoms with Crippen LogP contribution in [0.15, 0.2) is 54.6 Å². The first kappa shape index (κ1) is 8.30. The molecule has 0 heterocycles. The molecule has 0 spiro atoms. The van der Waals surface area contributed by atoms with Crippen molar-refractivity contribution in [3.05, 3.63) is 54.6 Å². The van der Waals surface area contributed by atoms with E-state index in [-0.39, 0.29) is 0 Å². The Morgan fingerprint density at radius 1 is 0.667 bits per heavy atom. The predicted octanol–water partition coefficient (Wildman–Crippen LogP) is 3.70. The molecule has 3 aromatic carbocycles. The van der Waals surface area contributed by atoms with Crippen LogP contribution in [0, 0.1) is 0 Å². The minimum absolute atomic E-state index is 0.351. The minimum atomic E-state index is 0.351. The molecule has 1 heteroatoms. The summed E-state index contributed by atoms with van der Waals surface area (Å²) in [5.74, 6) is 0.351. The third-order valence-electron chi connectivity index (χ3n) is 2.75. The maximum Gasteiger partial charge on any atom is 0.124 e. The third-order valence-corrected chi connectivity index (χ3v) is 2.75. The third kappa shape index (κ3) is 1.17. The summed E-state index contributed by atoms with van der Waals surface area (Å²) in [7, 11) is 0. The summed E-state index contributed by atoms with van der Waals surface area (Å²) in [6.45, 7) is 0. The van der Waals surface area contributed by atoms with Crippen LogP contribution in [0.5, 0.6) is 5.75 Å². The van der Waals surface area contributed by atoms with Gasteiger partial charge in [0, 0.05) is 5.39 Å². The Morgan fingerprint density at radius 3 is 2.33 bits per heavy atom. The van der Waals surface area contributed by atoms with Gasteiger partial charge in [0.25, 0.3) is 0 Å². The van der Waals surface area contributed by atoms with Crippen molar-refractivity contribution >= 4 is 21.5 Å². The van der Waals surface area contributed by atoms with Crippen molar-refractivity contribution in [3.63, 3.8) is 0 Å². The molecule has 3 aromatic rings. The number of benzene rings is 3. The Bertz CT molecular complexity index is 641. The van der Waals surface area contributed by atoms with Gasteiger partial charge in [0.15, 0.2) is 0 Å². The van der Waals surface area contributed by atoms with Gasteiger partial charge >= 0.3 is 0 Å². The molecule has 0 fully saturated rings. The van der Waals surface area contributed by atoms with Crippen LogP contribution in [0.25, 0.3) is 21.5 Å². The summed E-state index contributed by atoms with van der Waals surface area (Å²) >= 11 is 0. The summed E-state index contributed by atoms with van der Waals surface area (Å²) < 4.78 is 0. The van der Waals surface area contributed by atoms with Crippen molar-refractivity contribution in [1.82, 2.24) is 0 Å². The predicted molar refractivity (Wildman–Crippen MR) is 63.1 cm³/mol. The molecule has 0 saturated carbocycles. The molecule has 0 amide bonds. The van der Waals surface area contributed by atoms with E-state index in [0.717, 1.165) is 21.5 Å². The van der Waals surface area contributed by atoms with Gasteiger partial charge in [-0.2, -0.15) is 0 Å². The number of hydrogen-bond donors (Lipinski definition) is 1. The van der Waals surface area contributed by atoms with E-state index in [9.17, 15) is 5.11 Å². The van der Waals surface area contributed by atoms with Crippen LogP contribution in [-0.4, -0.2) is 5.11 Å². The normalized spacial score (nSPS) is 10.9. The molecule has 0 aliphatic carbocycles. The number of phenols is 1. The van der Waals surface area contributed by atoms with Crippen molar-refractivity contribution in [1.29, 1.82) is 0 Å². The largest absolute Gasteiger partial charge is 0.507 e. The van der Waals surface area contributed by atoms with Crippen LogP contribution < -0.4 is 0 Å². The van der Waals surface area contributed by atoms with Gasteiger partial charge in [-0.3, -0.25) is 0 Å². The molecule has 0 unspecified atom stereocenters. The van der Waals surface area contributed by atoms with Gasteiger partial charge in [0.05, 0.1) is 0 Å². The maximum atomic E-state index is 9.87. The molecule has 0 saturated heterocycles. The van der Waals surface area contributed by atoms with Crippen LogP contribution in [0.4, 0.5) is 0 Å². The van der Waals surface area contributed by atoms with E-state index in [2.05, 4.69) is 12.1 Å². The molecule has 15 heavy (non-hydrogen) atoms. The molecule has 0 bridgehead atoms. The lowest BCUT2D eigenvalue weighted by Gasteiger charge is -2.05. The highest BCUT2D eigenvalue weighted by atomic mass is 16.3. The Kier molecular flexibility index (Phi) is 1.65. The number of phenolic OH excluding ortho intramolecular Hbond substituents is 1. The smallest absolute Gasteiger partial charge is 0.124 e. The molecule has 0 atom stereocenters. The van der Waals surface area contributed by atoms with Crippen molar-refractivity contribution in [2.75, 3.05) is 0 Å². The zero-order valence-electron chi connectivity index (χ0n) is 8.14. The van der Waals surface area contributed by atoms with Gasteiger partial charge in [0.2, 0.25) is 0 Å². The Hall–Kier alpha value is -2.02. The van der Waals surface area contributed by atoms with Crippen LogP contribution in [0.1, 0.15) is 0 Å². The van der Waals surface area contributed by atoms with E-state index in [4.69, 9.17) is 0 Å². The van der Waals surface area contributed by atoms with E-state index >= 15 is 0 Å². The highest BCUT2D eigenvalue weighted by Crippen LogP contribution is 2.31. The first-order valence-corrected chi connectivity index (χ1v) is 4.96. The fourth-order valence-electron chi connectivity index (χ4n) is 2.04. The second-order valence-electron chi connectivity index (χ2n) is 3.66. The standard InChI is InChI=1S/C14H10O/c15-13-7-3-5-11-9-8-10-4-1-2-6-12(10)14(11)13/h1-9,15H/i1+1,2+1,4+1,6+1,10+1,12+1. The average molecular weight is 200 g/mol. The first-order chi connectivity index (χ1) is 7.36. The average Bonchev–Trinajstić information content (AvgIpc) is 2.29. The minimum Gasteiger partial charge on any atom is -0.507 e. The zero-order chi connectivity index (χ0) is 10.3. The number of hydrogen-bond acceptors (Lipinski definition) is 1. The molecular weight excluding hydrogens is 190 g/mol. The van der Waals surface area contributed by atoms with Gasteiger partial charge in [-0.15, -0.1) is 0 Å². The molecule has 72 valence electrons. The van der Waals surface area contributed by atoms with E-state index in [1.165, 1.54) is 0 Å². The Labute approximate surface area is 87.6 Å². The van der Waals surface area contributed by atoms with Gasteiger partial charge in [-0.25, -0.2) is 0 Å². The van der Waals surface area contributed by atoms with Crippen LogP contribution >= 0.6 is 0 Å². The van der Waals surface area contributed by atoms with Gasteiger partial charge < -0.3 is 5.11 Å². The highest BCUT2D eigenvalue weighted by molar-refractivity contribution is 6.10. The van der Waals surface area contributed by atoms with E-state index in [1.807, 2.05) is 36.4 Å². The summed E-state index contributed by atoms with van der Waals surface area (Å²) in [5, 5.41) is 14.2. The quantitative estimate of drug-likeness (QED) is 0.548. The molecule has 0 radical (unpaired) electrons. The lowest BCUT2D eigenvalue weighted by molar-refractivity contribution is 0.482. The van der Waals surface area contributed by atoms with Crippen LogP contribution in [0.2, 0.25) is 0 Å². The van der Waals surface area contributed by atoms with E-state index < -0.39 is 0 Å². The molecule has 0 aliphatic heterocycles. The number of fused-ring (bicyclic) bond motifs is 3. The molecule has 0 aliphatic rings. The van der Waals surface area contributed by atoms with Gasteiger partial charge in [-0.05, 0) is 22.2 Å². The van der Waals surface area contributed by atoms with E-state index in [0.29, 0.717) is 5.75 Å². The van der Waals surface area contributed by atoms with Crippen molar-refractivity contribution in [2.45, 2.75) is 0 Å². The Balaban J connectivity index is 2.64. The Morgan fingerprint density at radius 2 is 1.40 bits per heavy atom. The summed E-state index contributed by atoms with van der Waals surface area (Å²) in [6, 6.07) is 17.8. The molecule has 3 rings (SSSR count). The number of aromatic hydroxyl groups is 1. The maximum absolute atomic E-state index is 9.87. The van der Waals surface area contributed by atoms with Gasteiger partial charge in [0.1, 0.15) is 5.75 Å². The molecule has 0 aromatic heterocycles. The van der Waals surface area contributed by atoms with Crippen LogP contribution in [0.3, 0.4) is 0 Å². The van der Waals surface area contributed by atoms with Gasteiger partial charge in [-0.1, -0.05) is 48.5 Å². The monoisotopic (exact) mass is 200 g/mol. The second-order valence-corrected chi connectivity index (χ2v) is 3.66. The van der Waals surface area contributed by atoms with Crippen LogP contribution in [-0.2, 0) is 0 Å². The number of rotatable bonds is 0. The zero-order valence-corrected chi connectivity index (χ0v) is 8.14. The molecule has 1 nitrogen and oxygen atoms in total. The molecule has 1 N–H and O–H groups in total. The first-order valence-electron chi connectivity index (χ1n) is 4.96. The highest BCUT2D eigenvalue weighted by Gasteiger charge is 2.03. The summed E-state index contributed by atoms with van der Waals surface area (Å²) in [5.41, 5.74) is 0.